The summed E-state index contributed by atoms with van der Waals surface area (Å²) < 4.78 is 38.3. The standard InChI is InChI=1S/C15H27F3N2/c16-15(17,18)12-7-9-14(11-19,10-8-12)20-13-5-3-1-2-4-6-13/h12-13,20H,1-11,19H2. The van der Waals surface area contributed by atoms with E-state index in [0.29, 0.717) is 25.4 Å². The van der Waals surface area contributed by atoms with Crippen LogP contribution in [0.5, 0.6) is 0 Å². The molecule has 0 bridgehead atoms. The van der Waals surface area contributed by atoms with Crippen LogP contribution in [0.25, 0.3) is 0 Å². The third-order valence-electron chi connectivity index (χ3n) is 5.16. The number of nitrogens with one attached hydrogen (secondary N) is 1. The fourth-order valence-electron chi connectivity index (χ4n) is 3.76. The van der Waals surface area contributed by atoms with Gasteiger partial charge in [-0.05, 0) is 38.5 Å². The van der Waals surface area contributed by atoms with Gasteiger partial charge >= 0.3 is 6.18 Å². The van der Waals surface area contributed by atoms with Crippen molar-refractivity contribution in [1.29, 1.82) is 0 Å². The van der Waals surface area contributed by atoms with Gasteiger partial charge in [0.25, 0.3) is 0 Å². The molecule has 3 N–H and O–H groups in total. The van der Waals surface area contributed by atoms with E-state index < -0.39 is 12.1 Å². The lowest BCUT2D eigenvalue weighted by Gasteiger charge is -2.43. The summed E-state index contributed by atoms with van der Waals surface area (Å²) in [5, 5.41) is 3.64. The van der Waals surface area contributed by atoms with E-state index in [4.69, 9.17) is 5.73 Å². The van der Waals surface area contributed by atoms with Crippen molar-refractivity contribution in [3.8, 4) is 0 Å². The Kier molecular flexibility index (Phi) is 5.35. The minimum atomic E-state index is -4.04. The molecule has 0 aromatic carbocycles. The van der Waals surface area contributed by atoms with Crippen LogP contribution in [0.3, 0.4) is 0 Å². The van der Waals surface area contributed by atoms with Crippen LogP contribution in [0.2, 0.25) is 0 Å². The molecule has 0 aliphatic heterocycles. The fourth-order valence-corrected chi connectivity index (χ4v) is 3.76. The molecule has 2 aliphatic rings. The van der Waals surface area contributed by atoms with Crippen molar-refractivity contribution in [3.63, 3.8) is 0 Å². The van der Waals surface area contributed by atoms with E-state index >= 15 is 0 Å². The zero-order chi connectivity index (χ0) is 14.6. The Morgan fingerprint density at radius 1 is 0.950 bits per heavy atom. The van der Waals surface area contributed by atoms with E-state index in [1.807, 2.05) is 0 Å². The summed E-state index contributed by atoms with van der Waals surface area (Å²) in [6, 6.07) is 0.448. The summed E-state index contributed by atoms with van der Waals surface area (Å²) in [7, 11) is 0. The number of halogens is 3. The highest BCUT2D eigenvalue weighted by Gasteiger charge is 2.45. The van der Waals surface area contributed by atoms with Crippen molar-refractivity contribution in [2.24, 2.45) is 11.7 Å². The largest absolute Gasteiger partial charge is 0.391 e. The molecule has 0 amide bonds. The molecule has 2 nitrogen and oxygen atoms in total. The van der Waals surface area contributed by atoms with E-state index in [1.165, 1.54) is 25.7 Å². The molecule has 0 radical (unpaired) electrons. The summed E-state index contributed by atoms with van der Waals surface area (Å²) in [4.78, 5) is 0. The van der Waals surface area contributed by atoms with E-state index in [2.05, 4.69) is 5.32 Å². The lowest BCUT2D eigenvalue weighted by Crippen LogP contribution is -2.57. The van der Waals surface area contributed by atoms with Crippen LogP contribution in [-0.2, 0) is 0 Å². The Labute approximate surface area is 119 Å². The first kappa shape index (κ1) is 16.1. The molecular formula is C15H27F3N2. The van der Waals surface area contributed by atoms with Gasteiger partial charge in [-0.25, -0.2) is 0 Å². The molecule has 2 rings (SSSR count). The second-order valence-corrected chi connectivity index (χ2v) is 6.63. The Morgan fingerprint density at radius 3 is 1.95 bits per heavy atom. The molecule has 0 spiro atoms. The van der Waals surface area contributed by atoms with Gasteiger partial charge in [0.1, 0.15) is 0 Å². The van der Waals surface area contributed by atoms with Gasteiger partial charge in [-0.2, -0.15) is 13.2 Å². The van der Waals surface area contributed by atoms with Crippen LogP contribution in [0.1, 0.15) is 64.2 Å². The molecule has 0 heterocycles. The highest BCUT2D eigenvalue weighted by Crippen LogP contribution is 2.41. The highest BCUT2D eigenvalue weighted by molar-refractivity contribution is 4.97. The molecule has 0 aromatic rings. The van der Waals surface area contributed by atoms with Gasteiger partial charge in [-0.15, -0.1) is 0 Å². The smallest absolute Gasteiger partial charge is 0.329 e. The van der Waals surface area contributed by atoms with Crippen molar-refractivity contribution in [1.82, 2.24) is 5.32 Å². The van der Waals surface area contributed by atoms with Gasteiger partial charge in [-0.3, -0.25) is 0 Å². The molecule has 118 valence electrons. The maximum atomic E-state index is 12.8. The molecule has 0 atom stereocenters. The van der Waals surface area contributed by atoms with Gasteiger partial charge in [0.2, 0.25) is 0 Å². The molecule has 0 unspecified atom stereocenters. The second kappa shape index (κ2) is 6.65. The summed E-state index contributed by atoms with van der Waals surface area (Å²) in [6.07, 6.45) is 4.83. The lowest BCUT2D eigenvalue weighted by molar-refractivity contribution is -0.185. The van der Waals surface area contributed by atoms with Gasteiger partial charge in [0.05, 0.1) is 5.92 Å². The van der Waals surface area contributed by atoms with Crippen LogP contribution in [-0.4, -0.2) is 24.3 Å². The minimum absolute atomic E-state index is 0.223. The van der Waals surface area contributed by atoms with E-state index in [9.17, 15) is 13.2 Å². The predicted molar refractivity (Wildman–Crippen MR) is 74.4 cm³/mol. The molecule has 0 saturated heterocycles. The first-order valence-corrected chi connectivity index (χ1v) is 8.00. The summed E-state index contributed by atoms with van der Waals surface area (Å²) in [6.45, 7) is 0.452. The number of rotatable bonds is 3. The van der Waals surface area contributed by atoms with Crippen molar-refractivity contribution < 1.29 is 13.2 Å². The SMILES string of the molecule is NCC1(NC2CCCCCC2)CCC(C(F)(F)F)CC1. The zero-order valence-electron chi connectivity index (χ0n) is 12.1. The van der Waals surface area contributed by atoms with Crippen molar-refractivity contribution in [2.75, 3.05) is 6.54 Å². The maximum Gasteiger partial charge on any atom is 0.391 e. The average Bonchev–Trinajstić information content (AvgIpc) is 2.67. The maximum absolute atomic E-state index is 12.8. The Bertz CT molecular complexity index is 288. The fraction of sp³-hybridized carbons (Fsp3) is 1.00. The topological polar surface area (TPSA) is 38.0 Å². The third kappa shape index (κ3) is 4.10. The average molecular weight is 292 g/mol. The molecular weight excluding hydrogens is 265 g/mol. The molecule has 2 saturated carbocycles. The van der Waals surface area contributed by atoms with Crippen LogP contribution in [0.15, 0.2) is 0 Å². The lowest BCUT2D eigenvalue weighted by atomic mass is 9.75. The van der Waals surface area contributed by atoms with E-state index in [0.717, 1.165) is 12.8 Å². The van der Waals surface area contributed by atoms with E-state index in [-0.39, 0.29) is 18.4 Å². The minimum Gasteiger partial charge on any atom is -0.329 e. The normalized spacial score (nSPS) is 33.9. The first-order chi connectivity index (χ1) is 9.45. The molecule has 5 heteroatoms. The van der Waals surface area contributed by atoms with Crippen LogP contribution < -0.4 is 11.1 Å². The second-order valence-electron chi connectivity index (χ2n) is 6.63. The quantitative estimate of drug-likeness (QED) is 0.778. The zero-order valence-corrected chi connectivity index (χ0v) is 12.1. The van der Waals surface area contributed by atoms with Gasteiger partial charge in [-0.1, -0.05) is 25.7 Å². The van der Waals surface area contributed by atoms with E-state index in [1.54, 1.807) is 0 Å². The summed E-state index contributed by atoms with van der Waals surface area (Å²) in [5.41, 5.74) is 5.65. The highest BCUT2D eigenvalue weighted by atomic mass is 19.4. The van der Waals surface area contributed by atoms with Crippen molar-refractivity contribution >= 4 is 0 Å². The summed E-state index contributed by atoms with van der Waals surface area (Å²) >= 11 is 0. The van der Waals surface area contributed by atoms with Crippen LogP contribution >= 0.6 is 0 Å². The number of nitrogens with two attached hydrogens (primary N) is 1. The molecule has 2 aliphatic carbocycles. The van der Waals surface area contributed by atoms with Crippen molar-refractivity contribution in [2.45, 2.75) is 82.0 Å². The Hall–Kier alpha value is -0.290. The van der Waals surface area contributed by atoms with Crippen molar-refractivity contribution in [3.05, 3.63) is 0 Å². The van der Waals surface area contributed by atoms with Gasteiger partial charge in [0, 0.05) is 18.1 Å². The third-order valence-corrected chi connectivity index (χ3v) is 5.16. The monoisotopic (exact) mass is 292 g/mol. The Morgan fingerprint density at radius 2 is 1.50 bits per heavy atom. The summed E-state index contributed by atoms with van der Waals surface area (Å²) in [5.74, 6) is -1.13. The molecule has 2 fully saturated rings. The molecule has 20 heavy (non-hydrogen) atoms. The van der Waals surface area contributed by atoms with Crippen LogP contribution in [0.4, 0.5) is 13.2 Å². The number of hydrogen-bond donors (Lipinski definition) is 2. The van der Waals surface area contributed by atoms with Gasteiger partial charge in [0.15, 0.2) is 0 Å². The van der Waals surface area contributed by atoms with Gasteiger partial charge < -0.3 is 11.1 Å². The molecule has 0 aromatic heterocycles. The number of hydrogen-bond acceptors (Lipinski definition) is 2. The Balaban J connectivity index is 1.90. The number of alkyl halides is 3. The first-order valence-electron chi connectivity index (χ1n) is 8.00. The predicted octanol–water partition coefficient (Wildman–Crippen LogP) is 3.75. The van der Waals surface area contributed by atoms with Crippen LogP contribution in [0, 0.1) is 5.92 Å².